The van der Waals surface area contributed by atoms with Crippen molar-refractivity contribution in [3.05, 3.63) is 59.9 Å². The van der Waals surface area contributed by atoms with Gasteiger partial charge in [0.05, 0.1) is 17.5 Å². The average molecular weight is 464 g/mol. The van der Waals surface area contributed by atoms with Crippen molar-refractivity contribution in [3.63, 3.8) is 0 Å². The Kier molecular flexibility index (Phi) is 7.94. The summed E-state index contributed by atoms with van der Waals surface area (Å²) in [6.07, 6.45) is 1.72. The molecule has 1 aliphatic rings. The Morgan fingerprint density at radius 1 is 1.12 bits per heavy atom. The third kappa shape index (κ3) is 6.59. The van der Waals surface area contributed by atoms with E-state index in [9.17, 15) is 22.4 Å². The number of benzene rings is 2. The molecular weight excluding hydrogens is 437 g/mol. The fourth-order valence-electron chi connectivity index (χ4n) is 3.23. The van der Waals surface area contributed by atoms with Crippen LogP contribution in [0.25, 0.3) is 0 Å². The highest BCUT2D eigenvalue weighted by molar-refractivity contribution is 7.89. The number of hydrogen-bond donors (Lipinski definition) is 2. The molecule has 1 atom stereocenters. The first-order valence-electron chi connectivity index (χ1n) is 10.3. The highest BCUT2D eigenvalue weighted by atomic mass is 32.2. The van der Waals surface area contributed by atoms with E-state index in [1.807, 2.05) is 6.92 Å². The van der Waals surface area contributed by atoms with Gasteiger partial charge < -0.3 is 15.0 Å². The Bertz CT molecular complexity index is 1040. The number of halogens is 1. The third-order valence-corrected chi connectivity index (χ3v) is 6.45. The quantitative estimate of drug-likeness (QED) is 0.590. The van der Waals surface area contributed by atoms with Crippen molar-refractivity contribution in [2.45, 2.75) is 30.8 Å². The summed E-state index contributed by atoms with van der Waals surface area (Å²) in [5.74, 6) is -1.58. The number of aryl methyl sites for hydroxylation is 1. The van der Waals surface area contributed by atoms with Crippen molar-refractivity contribution in [1.29, 1.82) is 0 Å². The molecule has 1 aliphatic heterocycles. The maximum Gasteiger partial charge on any atom is 0.242 e. The van der Waals surface area contributed by atoms with Crippen LogP contribution in [0.3, 0.4) is 0 Å². The topological polar surface area (TPSA) is 105 Å². The molecule has 1 saturated heterocycles. The summed E-state index contributed by atoms with van der Waals surface area (Å²) in [5.41, 5.74) is 1.18. The summed E-state index contributed by atoms with van der Waals surface area (Å²) >= 11 is 0. The van der Waals surface area contributed by atoms with Gasteiger partial charge in [0, 0.05) is 18.8 Å². The number of hydrogen-bond acceptors (Lipinski definition) is 5. The molecule has 2 aromatic carbocycles. The molecule has 10 heteroatoms. The van der Waals surface area contributed by atoms with Gasteiger partial charge in [-0.15, -0.1) is 0 Å². The van der Waals surface area contributed by atoms with Gasteiger partial charge in [-0.2, -0.15) is 0 Å². The van der Waals surface area contributed by atoms with Gasteiger partial charge in [0.15, 0.2) is 0 Å². The summed E-state index contributed by atoms with van der Waals surface area (Å²) in [5, 5.41) is 2.72. The van der Waals surface area contributed by atoms with Gasteiger partial charge in [-0.05, 0) is 56.2 Å². The van der Waals surface area contributed by atoms with Crippen LogP contribution < -0.4 is 14.9 Å². The van der Waals surface area contributed by atoms with E-state index >= 15 is 0 Å². The van der Waals surface area contributed by atoms with Crippen molar-refractivity contribution in [2.75, 3.05) is 31.1 Å². The van der Waals surface area contributed by atoms with Crippen LogP contribution in [0.1, 0.15) is 18.4 Å². The van der Waals surface area contributed by atoms with Crippen LogP contribution in [-0.4, -0.2) is 52.6 Å². The number of nitrogens with one attached hydrogen (secondary N) is 2. The number of rotatable bonds is 9. The van der Waals surface area contributed by atoms with Gasteiger partial charge in [0.2, 0.25) is 21.8 Å². The first kappa shape index (κ1) is 23.8. The van der Waals surface area contributed by atoms with Crippen LogP contribution in [0.2, 0.25) is 0 Å². The van der Waals surface area contributed by atoms with E-state index in [2.05, 4.69) is 10.0 Å². The van der Waals surface area contributed by atoms with Gasteiger partial charge in [-0.3, -0.25) is 9.59 Å². The number of nitrogens with zero attached hydrogens (tertiary/aromatic N) is 1. The Morgan fingerprint density at radius 2 is 1.81 bits per heavy atom. The minimum Gasteiger partial charge on any atom is -0.376 e. The fraction of sp³-hybridized carbons (Fsp3) is 0.364. The highest BCUT2D eigenvalue weighted by Gasteiger charge is 2.23. The molecule has 1 heterocycles. The molecule has 32 heavy (non-hydrogen) atoms. The van der Waals surface area contributed by atoms with Gasteiger partial charge in [-0.1, -0.05) is 17.7 Å². The first-order chi connectivity index (χ1) is 15.2. The van der Waals surface area contributed by atoms with Crippen molar-refractivity contribution in [3.8, 4) is 0 Å². The minimum atomic E-state index is -3.92. The lowest BCUT2D eigenvalue weighted by Gasteiger charge is -2.23. The van der Waals surface area contributed by atoms with E-state index in [1.165, 1.54) is 24.3 Å². The summed E-state index contributed by atoms with van der Waals surface area (Å²) in [6.45, 7) is 1.90. The minimum absolute atomic E-state index is 0.0264. The Labute approximate surface area is 186 Å². The Morgan fingerprint density at radius 3 is 2.44 bits per heavy atom. The van der Waals surface area contributed by atoms with Crippen molar-refractivity contribution in [1.82, 2.24) is 10.0 Å². The van der Waals surface area contributed by atoms with E-state index < -0.39 is 34.2 Å². The predicted octanol–water partition coefficient (Wildman–Crippen LogP) is 1.74. The van der Waals surface area contributed by atoms with E-state index in [4.69, 9.17) is 4.74 Å². The standard InChI is InChI=1S/C22H26FN3O5S/c1-16-4-10-20(11-5-16)32(29,30)25-14-22(28)26(18-8-6-17(23)7-9-18)15-21(27)24-13-19-3-2-12-31-19/h4-11,19,25H,2-3,12-15H2,1H3,(H,24,27)/t19-/m0/s1. The molecule has 0 aromatic heterocycles. The summed E-state index contributed by atoms with van der Waals surface area (Å²) in [4.78, 5) is 26.4. The van der Waals surface area contributed by atoms with Crippen molar-refractivity contribution < 1.29 is 27.1 Å². The molecular formula is C22H26FN3O5S. The normalized spacial score (nSPS) is 16.0. The van der Waals surface area contributed by atoms with E-state index in [0.29, 0.717) is 13.2 Å². The second-order valence-corrected chi connectivity index (χ2v) is 9.30. The molecule has 3 rings (SSSR count). The zero-order valence-corrected chi connectivity index (χ0v) is 18.5. The number of carbonyl (C=O) groups is 2. The molecule has 0 aliphatic carbocycles. The van der Waals surface area contributed by atoms with Gasteiger partial charge in [0.1, 0.15) is 12.4 Å². The number of sulfonamides is 1. The lowest BCUT2D eigenvalue weighted by molar-refractivity contribution is -0.123. The van der Waals surface area contributed by atoms with Crippen molar-refractivity contribution in [2.24, 2.45) is 0 Å². The van der Waals surface area contributed by atoms with Crippen LogP contribution in [0.4, 0.5) is 10.1 Å². The largest absolute Gasteiger partial charge is 0.376 e. The lowest BCUT2D eigenvalue weighted by atomic mass is 10.2. The molecule has 8 nitrogen and oxygen atoms in total. The SMILES string of the molecule is Cc1ccc(S(=O)(=O)NCC(=O)N(CC(=O)NC[C@@H]2CCCO2)c2ccc(F)cc2)cc1. The predicted molar refractivity (Wildman–Crippen MR) is 117 cm³/mol. The fourth-order valence-corrected chi connectivity index (χ4v) is 4.20. The third-order valence-electron chi connectivity index (χ3n) is 5.04. The van der Waals surface area contributed by atoms with E-state index in [-0.39, 0.29) is 23.2 Å². The number of anilines is 1. The smallest absolute Gasteiger partial charge is 0.242 e. The molecule has 0 saturated carbocycles. The monoisotopic (exact) mass is 463 g/mol. The molecule has 0 spiro atoms. The molecule has 2 amide bonds. The van der Waals surface area contributed by atoms with E-state index in [1.54, 1.807) is 12.1 Å². The summed E-state index contributed by atoms with van der Waals surface area (Å²) < 4.78 is 46.1. The van der Waals surface area contributed by atoms with Gasteiger partial charge in [-0.25, -0.2) is 17.5 Å². The van der Waals surface area contributed by atoms with Crippen LogP contribution >= 0.6 is 0 Å². The summed E-state index contributed by atoms with van der Waals surface area (Å²) in [7, 11) is -3.92. The van der Waals surface area contributed by atoms with Gasteiger partial charge >= 0.3 is 0 Å². The molecule has 0 bridgehead atoms. The molecule has 0 radical (unpaired) electrons. The summed E-state index contributed by atoms with van der Waals surface area (Å²) in [6, 6.07) is 11.2. The van der Waals surface area contributed by atoms with E-state index in [0.717, 1.165) is 35.4 Å². The number of ether oxygens (including phenoxy) is 1. The Hall–Kier alpha value is -2.82. The number of carbonyl (C=O) groups excluding carboxylic acids is 2. The maximum atomic E-state index is 13.3. The van der Waals surface area contributed by atoms with Crippen LogP contribution in [0, 0.1) is 12.7 Å². The first-order valence-corrected chi connectivity index (χ1v) is 11.7. The molecule has 2 N–H and O–H groups in total. The van der Waals surface area contributed by atoms with Gasteiger partial charge in [0.25, 0.3) is 0 Å². The second kappa shape index (κ2) is 10.7. The average Bonchev–Trinajstić information content (AvgIpc) is 3.29. The number of amides is 2. The molecule has 2 aromatic rings. The van der Waals surface area contributed by atoms with Crippen LogP contribution in [0.15, 0.2) is 53.4 Å². The maximum absolute atomic E-state index is 13.3. The molecule has 1 fully saturated rings. The molecule has 172 valence electrons. The molecule has 0 unspecified atom stereocenters. The Balaban J connectivity index is 1.67. The van der Waals surface area contributed by atoms with Crippen molar-refractivity contribution >= 4 is 27.5 Å². The second-order valence-electron chi connectivity index (χ2n) is 7.53. The lowest BCUT2D eigenvalue weighted by Crippen LogP contribution is -2.46. The zero-order chi connectivity index (χ0) is 23.1. The van der Waals surface area contributed by atoms with Crippen LogP contribution in [-0.2, 0) is 24.3 Å². The highest BCUT2D eigenvalue weighted by Crippen LogP contribution is 2.16. The zero-order valence-electron chi connectivity index (χ0n) is 17.7. The van der Waals surface area contributed by atoms with Crippen LogP contribution in [0.5, 0.6) is 0 Å².